The molecule has 1 heterocycles. The van der Waals surface area contributed by atoms with Gasteiger partial charge in [-0.3, -0.25) is 0 Å². The number of sulfone groups is 1. The maximum Gasteiger partial charge on any atom is 0.196 e. The smallest absolute Gasteiger partial charge is 0.196 e. The second-order valence-corrected chi connectivity index (χ2v) is 5.39. The molecule has 1 aromatic heterocycles. The minimum Gasteiger partial charge on any atom is -0.241 e. The first-order chi connectivity index (χ1) is 6.99. The second-order valence-electron chi connectivity index (χ2n) is 2.96. The van der Waals surface area contributed by atoms with Crippen LogP contribution in [0.3, 0.4) is 0 Å². The fraction of sp³-hybridized carbons (Fsp3) is 0.333. The van der Waals surface area contributed by atoms with E-state index in [1.165, 1.54) is 12.1 Å². The largest absolute Gasteiger partial charge is 0.241 e. The number of nitriles is 1. The van der Waals surface area contributed by atoms with Crippen LogP contribution < -0.4 is 0 Å². The highest BCUT2D eigenvalue weighted by Gasteiger charge is 2.16. The first kappa shape index (κ1) is 12.0. The van der Waals surface area contributed by atoms with Crippen molar-refractivity contribution < 1.29 is 8.42 Å². The highest BCUT2D eigenvalue weighted by molar-refractivity contribution is 7.91. The minimum atomic E-state index is -3.46. The second kappa shape index (κ2) is 4.60. The molecule has 1 aromatic rings. The molecule has 0 aromatic carbocycles. The molecule has 0 atom stereocenters. The average molecular weight is 245 g/mol. The van der Waals surface area contributed by atoms with Crippen molar-refractivity contribution in [2.45, 2.75) is 11.9 Å². The molecule has 0 fully saturated rings. The monoisotopic (exact) mass is 244 g/mol. The third-order valence-corrected chi connectivity index (χ3v) is 3.72. The summed E-state index contributed by atoms with van der Waals surface area (Å²) in [5.41, 5.74) is 0.790. The van der Waals surface area contributed by atoms with Crippen molar-refractivity contribution in [1.82, 2.24) is 4.98 Å². The summed E-state index contributed by atoms with van der Waals surface area (Å²) in [5.74, 6) is -0.157. The number of aryl methyl sites for hydroxylation is 1. The third-order valence-electron chi connectivity index (χ3n) is 1.72. The van der Waals surface area contributed by atoms with Gasteiger partial charge in [0.2, 0.25) is 0 Å². The molecule has 0 amide bonds. The lowest BCUT2D eigenvalue weighted by Gasteiger charge is -2.02. The Labute approximate surface area is 93.4 Å². The number of rotatable bonds is 3. The van der Waals surface area contributed by atoms with E-state index in [1.807, 2.05) is 6.07 Å². The summed E-state index contributed by atoms with van der Waals surface area (Å²) in [6, 6.07) is 4.67. The number of nitrogens with zero attached hydrogens (tertiary/aromatic N) is 2. The Balaban J connectivity index is 3.28. The summed E-state index contributed by atoms with van der Waals surface area (Å²) >= 11 is 5.38. The van der Waals surface area contributed by atoms with E-state index < -0.39 is 9.84 Å². The van der Waals surface area contributed by atoms with Crippen LogP contribution in [0.25, 0.3) is 0 Å². The molecule has 0 radical (unpaired) electrons. The SMILES string of the molecule is Cc1cc(C#N)cc(S(=O)(=O)CCCl)n1. The molecule has 0 unspecified atom stereocenters. The van der Waals surface area contributed by atoms with Crippen molar-refractivity contribution in [1.29, 1.82) is 5.26 Å². The number of hydrogen-bond donors (Lipinski definition) is 0. The van der Waals surface area contributed by atoms with Crippen molar-refractivity contribution in [2.75, 3.05) is 11.6 Å². The van der Waals surface area contributed by atoms with Gasteiger partial charge in [0, 0.05) is 11.6 Å². The number of aromatic nitrogens is 1. The van der Waals surface area contributed by atoms with Gasteiger partial charge in [0.1, 0.15) is 0 Å². The van der Waals surface area contributed by atoms with Crippen LogP contribution in [0, 0.1) is 18.3 Å². The van der Waals surface area contributed by atoms with Crippen LogP contribution in [0.15, 0.2) is 17.2 Å². The van der Waals surface area contributed by atoms with E-state index in [1.54, 1.807) is 6.92 Å². The van der Waals surface area contributed by atoms with Crippen LogP contribution >= 0.6 is 11.6 Å². The Bertz CT molecular complexity index is 505. The van der Waals surface area contributed by atoms with Crippen molar-refractivity contribution >= 4 is 21.4 Å². The highest BCUT2D eigenvalue weighted by Crippen LogP contribution is 2.12. The van der Waals surface area contributed by atoms with Crippen molar-refractivity contribution in [3.63, 3.8) is 0 Å². The molecular formula is C9H9ClN2O2S. The van der Waals surface area contributed by atoms with Gasteiger partial charge in [-0.1, -0.05) is 0 Å². The quantitative estimate of drug-likeness (QED) is 0.751. The fourth-order valence-electron chi connectivity index (χ4n) is 1.07. The summed E-state index contributed by atoms with van der Waals surface area (Å²) in [5, 5.41) is 8.60. The van der Waals surface area contributed by atoms with Crippen molar-refractivity contribution in [3.05, 3.63) is 23.4 Å². The molecule has 0 saturated carbocycles. The lowest BCUT2D eigenvalue weighted by molar-refractivity contribution is 0.593. The Hall–Kier alpha value is -1.12. The Morgan fingerprint density at radius 1 is 1.53 bits per heavy atom. The van der Waals surface area contributed by atoms with Crippen LogP contribution in [0.4, 0.5) is 0 Å². The summed E-state index contributed by atoms with van der Waals surface area (Å²) < 4.78 is 23.2. The Morgan fingerprint density at radius 3 is 2.73 bits per heavy atom. The van der Waals surface area contributed by atoms with Gasteiger partial charge < -0.3 is 0 Å². The zero-order valence-corrected chi connectivity index (χ0v) is 9.64. The van der Waals surface area contributed by atoms with Gasteiger partial charge in [-0.25, -0.2) is 13.4 Å². The molecule has 80 valence electrons. The molecule has 4 nitrogen and oxygen atoms in total. The van der Waals surface area contributed by atoms with Gasteiger partial charge in [-0.05, 0) is 19.1 Å². The molecule has 0 bridgehead atoms. The maximum absolute atomic E-state index is 11.6. The van der Waals surface area contributed by atoms with Crippen LogP contribution in [-0.2, 0) is 9.84 Å². The average Bonchev–Trinajstić information content (AvgIpc) is 2.16. The van der Waals surface area contributed by atoms with E-state index in [2.05, 4.69) is 4.98 Å². The summed E-state index contributed by atoms with van der Waals surface area (Å²) in [4.78, 5) is 3.87. The highest BCUT2D eigenvalue weighted by atomic mass is 35.5. The molecule has 0 aliphatic carbocycles. The van der Waals surface area contributed by atoms with Gasteiger partial charge in [-0.15, -0.1) is 11.6 Å². The van der Waals surface area contributed by atoms with E-state index in [-0.39, 0.29) is 22.2 Å². The van der Waals surface area contributed by atoms with Gasteiger partial charge in [0.15, 0.2) is 14.9 Å². The summed E-state index contributed by atoms with van der Waals surface area (Å²) in [6.07, 6.45) is 0. The molecule has 0 aliphatic heterocycles. The minimum absolute atomic E-state index is 0.0137. The lowest BCUT2D eigenvalue weighted by Crippen LogP contribution is -2.10. The van der Waals surface area contributed by atoms with Gasteiger partial charge in [-0.2, -0.15) is 5.26 Å². The van der Waals surface area contributed by atoms with E-state index in [4.69, 9.17) is 16.9 Å². The standard InChI is InChI=1S/C9H9ClN2O2S/c1-7-4-8(6-11)5-9(12-7)15(13,14)3-2-10/h4-5H,2-3H2,1H3. The summed E-state index contributed by atoms with van der Waals surface area (Å²) in [7, 11) is -3.46. The lowest BCUT2D eigenvalue weighted by atomic mass is 10.2. The molecule has 0 spiro atoms. The van der Waals surface area contributed by atoms with Crippen LogP contribution in [0.5, 0.6) is 0 Å². The summed E-state index contributed by atoms with van der Waals surface area (Å²) in [6.45, 7) is 1.64. The van der Waals surface area contributed by atoms with Gasteiger partial charge >= 0.3 is 0 Å². The van der Waals surface area contributed by atoms with Crippen LogP contribution in [-0.4, -0.2) is 25.0 Å². The maximum atomic E-state index is 11.6. The van der Waals surface area contributed by atoms with E-state index in [9.17, 15) is 8.42 Å². The number of pyridine rings is 1. The molecule has 15 heavy (non-hydrogen) atoms. The van der Waals surface area contributed by atoms with Crippen LogP contribution in [0.1, 0.15) is 11.3 Å². The molecule has 0 N–H and O–H groups in total. The Morgan fingerprint density at radius 2 is 2.20 bits per heavy atom. The van der Waals surface area contributed by atoms with E-state index in [0.717, 1.165) is 0 Å². The molecule has 1 rings (SSSR count). The third kappa shape index (κ3) is 2.91. The predicted molar refractivity (Wildman–Crippen MR) is 56.5 cm³/mol. The van der Waals surface area contributed by atoms with Gasteiger partial charge in [0.05, 0.1) is 17.4 Å². The fourth-order valence-corrected chi connectivity index (χ4v) is 2.68. The van der Waals surface area contributed by atoms with Crippen molar-refractivity contribution in [2.24, 2.45) is 0 Å². The van der Waals surface area contributed by atoms with Crippen LogP contribution in [0.2, 0.25) is 0 Å². The first-order valence-corrected chi connectivity index (χ1v) is 6.36. The zero-order valence-electron chi connectivity index (χ0n) is 8.07. The van der Waals surface area contributed by atoms with E-state index in [0.29, 0.717) is 5.69 Å². The topological polar surface area (TPSA) is 70.8 Å². The molecule has 0 saturated heterocycles. The molecule has 0 aliphatic rings. The number of halogens is 1. The number of alkyl halides is 1. The molecule has 6 heteroatoms. The first-order valence-electron chi connectivity index (χ1n) is 4.17. The predicted octanol–water partition coefficient (Wildman–Crippen LogP) is 1.27. The Kier molecular flexibility index (Phi) is 3.66. The van der Waals surface area contributed by atoms with Gasteiger partial charge in [0.25, 0.3) is 0 Å². The zero-order chi connectivity index (χ0) is 11.5. The normalized spacial score (nSPS) is 11.0. The molecular weight excluding hydrogens is 236 g/mol. The van der Waals surface area contributed by atoms with Crippen molar-refractivity contribution in [3.8, 4) is 6.07 Å². The number of hydrogen-bond acceptors (Lipinski definition) is 4. The van der Waals surface area contributed by atoms with E-state index >= 15 is 0 Å².